The molecular weight excluding hydrogens is 284 g/mol. The van der Waals surface area contributed by atoms with Crippen LogP contribution in [0.4, 0.5) is 0 Å². The van der Waals surface area contributed by atoms with Gasteiger partial charge >= 0.3 is 0 Å². The minimum atomic E-state index is 0. The van der Waals surface area contributed by atoms with Crippen LogP contribution >= 0.6 is 24.2 Å². The molecule has 2 N–H and O–H groups in total. The van der Waals surface area contributed by atoms with E-state index in [1.807, 2.05) is 24.3 Å². The van der Waals surface area contributed by atoms with E-state index in [9.17, 15) is 0 Å². The fourth-order valence-corrected chi connectivity index (χ4v) is 3.00. The van der Waals surface area contributed by atoms with Crippen molar-refractivity contribution in [3.63, 3.8) is 0 Å². The zero-order valence-corrected chi connectivity index (χ0v) is 12.1. The van der Waals surface area contributed by atoms with E-state index in [4.69, 9.17) is 10.5 Å². The van der Waals surface area contributed by atoms with Crippen LogP contribution in [0.1, 0.15) is 0 Å². The van der Waals surface area contributed by atoms with Crippen molar-refractivity contribution in [3.05, 3.63) is 24.3 Å². The van der Waals surface area contributed by atoms with Gasteiger partial charge in [0.1, 0.15) is 5.75 Å². The first-order chi connectivity index (χ1) is 8.81. The number of methoxy groups -OCH3 is 1. The Morgan fingerprint density at radius 1 is 1.37 bits per heavy atom. The third-order valence-electron chi connectivity index (χ3n) is 2.99. The lowest BCUT2D eigenvalue weighted by Gasteiger charge is -2.06. The maximum absolute atomic E-state index is 5.70. The molecule has 102 valence electrons. The molecular formula is C12H15ClN4OS. The largest absolute Gasteiger partial charge is 0.497 e. The highest BCUT2D eigenvalue weighted by atomic mass is 35.5. The van der Waals surface area contributed by atoms with E-state index in [0.29, 0.717) is 11.8 Å². The predicted octanol–water partition coefficient (Wildman–Crippen LogP) is 1.81. The van der Waals surface area contributed by atoms with Gasteiger partial charge in [0.2, 0.25) is 0 Å². The Morgan fingerprint density at radius 3 is 2.74 bits per heavy atom. The second kappa shape index (κ2) is 5.81. The number of nitrogens with two attached hydrogens (primary N) is 1. The molecule has 19 heavy (non-hydrogen) atoms. The van der Waals surface area contributed by atoms with Crippen molar-refractivity contribution in [1.29, 1.82) is 0 Å². The summed E-state index contributed by atoms with van der Waals surface area (Å²) in [6, 6.07) is 7.85. The summed E-state index contributed by atoms with van der Waals surface area (Å²) in [6.45, 7) is 1.54. The maximum Gasteiger partial charge on any atom is 0.191 e. The zero-order chi connectivity index (χ0) is 12.5. The maximum atomic E-state index is 5.70. The molecule has 3 rings (SSSR count). The number of hydrogen-bond acceptors (Lipinski definition) is 5. The SMILES string of the molecule is COc1ccc(-c2nnc3n2CC(CN)S3)cc1.Cl. The summed E-state index contributed by atoms with van der Waals surface area (Å²) >= 11 is 1.70. The molecule has 5 nitrogen and oxygen atoms in total. The minimum absolute atomic E-state index is 0. The zero-order valence-electron chi connectivity index (χ0n) is 10.4. The Labute approximate surface area is 121 Å². The molecule has 1 atom stereocenters. The van der Waals surface area contributed by atoms with Gasteiger partial charge < -0.3 is 15.0 Å². The first kappa shape index (κ1) is 14.2. The van der Waals surface area contributed by atoms with Gasteiger partial charge in [0.15, 0.2) is 11.0 Å². The third-order valence-corrected chi connectivity index (χ3v) is 4.17. The van der Waals surface area contributed by atoms with E-state index in [0.717, 1.165) is 28.8 Å². The third kappa shape index (κ3) is 2.56. The second-order valence-corrected chi connectivity index (χ2v) is 5.39. The van der Waals surface area contributed by atoms with E-state index in [2.05, 4.69) is 14.8 Å². The fourth-order valence-electron chi connectivity index (χ4n) is 2.01. The molecule has 0 aliphatic carbocycles. The number of ether oxygens (including phenoxy) is 1. The first-order valence-corrected chi connectivity index (χ1v) is 6.64. The number of fused-ring (bicyclic) bond motifs is 1. The van der Waals surface area contributed by atoms with Crippen LogP contribution in [-0.4, -0.2) is 33.7 Å². The lowest BCUT2D eigenvalue weighted by molar-refractivity contribution is 0.415. The van der Waals surface area contributed by atoms with Gasteiger partial charge in [-0.2, -0.15) is 0 Å². The van der Waals surface area contributed by atoms with E-state index in [1.54, 1.807) is 18.9 Å². The van der Waals surface area contributed by atoms with Gasteiger partial charge in [-0.1, -0.05) is 11.8 Å². The van der Waals surface area contributed by atoms with Crippen LogP contribution in [0.15, 0.2) is 29.4 Å². The molecule has 1 unspecified atom stereocenters. The van der Waals surface area contributed by atoms with Crippen molar-refractivity contribution >= 4 is 24.2 Å². The number of aromatic nitrogens is 3. The number of nitrogens with zero attached hydrogens (tertiary/aromatic N) is 3. The molecule has 2 heterocycles. The molecule has 0 spiro atoms. The second-order valence-electron chi connectivity index (χ2n) is 4.12. The highest BCUT2D eigenvalue weighted by Crippen LogP contribution is 2.34. The molecule has 0 amide bonds. The lowest BCUT2D eigenvalue weighted by atomic mass is 10.2. The highest BCUT2D eigenvalue weighted by molar-refractivity contribution is 8.00. The van der Waals surface area contributed by atoms with Crippen LogP contribution in [0, 0.1) is 0 Å². The number of halogens is 1. The van der Waals surface area contributed by atoms with Crippen molar-refractivity contribution in [2.45, 2.75) is 17.0 Å². The Kier molecular flexibility index (Phi) is 4.34. The monoisotopic (exact) mass is 298 g/mol. The molecule has 0 saturated heterocycles. The Morgan fingerprint density at radius 2 is 2.11 bits per heavy atom. The van der Waals surface area contributed by atoms with Crippen LogP contribution in [0.25, 0.3) is 11.4 Å². The molecule has 1 aliphatic rings. The first-order valence-electron chi connectivity index (χ1n) is 5.76. The molecule has 0 fully saturated rings. The van der Waals surface area contributed by atoms with Crippen LogP contribution < -0.4 is 10.5 Å². The number of thioether (sulfide) groups is 1. The average Bonchev–Trinajstić information content (AvgIpc) is 2.98. The summed E-state index contributed by atoms with van der Waals surface area (Å²) in [5.41, 5.74) is 6.75. The summed E-state index contributed by atoms with van der Waals surface area (Å²) in [5.74, 6) is 1.74. The molecule has 1 aliphatic heterocycles. The van der Waals surface area contributed by atoms with Crippen LogP contribution in [0.2, 0.25) is 0 Å². The van der Waals surface area contributed by atoms with Crippen LogP contribution in [0.3, 0.4) is 0 Å². The Bertz CT molecular complexity index is 557. The minimum Gasteiger partial charge on any atom is -0.497 e. The van der Waals surface area contributed by atoms with Crippen LogP contribution in [-0.2, 0) is 6.54 Å². The molecule has 2 aromatic rings. The quantitative estimate of drug-likeness (QED) is 0.936. The molecule has 1 aromatic carbocycles. The van der Waals surface area contributed by atoms with E-state index in [-0.39, 0.29) is 12.4 Å². The standard InChI is InChI=1S/C12H14N4OS.ClH/c1-17-9-4-2-8(3-5-9)11-14-15-12-16(11)7-10(6-13)18-12;/h2-5,10H,6-7,13H2,1H3;1H. The Balaban J connectivity index is 0.00000133. The summed E-state index contributed by atoms with van der Waals surface area (Å²) in [6.07, 6.45) is 0. The molecule has 0 bridgehead atoms. The van der Waals surface area contributed by atoms with Gasteiger partial charge in [0, 0.05) is 23.9 Å². The summed E-state index contributed by atoms with van der Waals surface area (Å²) in [7, 11) is 1.66. The normalized spacial score (nSPS) is 16.8. The van der Waals surface area contributed by atoms with Crippen molar-refractivity contribution in [1.82, 2.24) is 14.8 Å². The fraction of sp³-hybridized carbons (Fsp3) is 0.333. The highest BCUT2D eigenvalue weighted by Gasteiger charge is 2.26. The number of benzene rings is 1. The Hall–Kier alpha value is -1.24. The predicted molar refractivity (Wildman–Crippen MR) is 78.0 cm³/mol. The average molecular weight is 299 g/mol. The van der Waals surface area contributed by atoms with Gasteiger partial charge in [-0.3, -0.25) is 0 Å². The molecule has 7 heteroatoms. The summed E-state index contributed by atoms with van der Waals surface area (Å²) < 4.78 is 7.28. The van der Waals surface area contributed by atoms with Crippen molar-refractivity contribution in [2.24, 2.45) is 5.73 Å². The number of rotatable bonds is 3. The molecule has 0 saturated carbocycles. The topological polar surface area (TPSA) is 66.0 Å². The number of hydrogen-bond donors (Lipinski definition) is 1. The van der Waals surface area contributed by atoms with Gasteiger partial charge in [-0.05, 0) is 24.3 Å². The van der Waals surface area contributed by atoms with Crippen LogP contribution in [0.5, 0.6) is 5.75 Å². The molecule has 1 aromatic heterocycles. The van der Waals surface area contributed by atoms with Gasteiger partial charge in [0.05, 0.1) is 7.11 Å². The molecule has 0 radical (unpaired) electrons. The smallest absolute Gasteiger partial charge is 0.191 e. The lowest BCUT2D eigenvalue weighted by Crippen LogP contribution is -2.17. The van der Waals surface area contributed by atoms with E-state index < -0.39 is 0 Å². The van der Waals surface area contributed by atoms with Gasteiger partial charge in [-0.15, -0.1) is 22.6 Å². The van der Waals surface area contributed by atoms with E-state index >= 15 is 0 Å². The summed E-state index contributed by atoms with van der Waals surface area (Å²) in [4.78, 5) is 0. The van der Waals surface area contributed by atoms with Crippen molar-refractivity contribution in [3.8, 4) is 17.1 Å². The van der Waals surface area contributed by atoms with E-state index in [1.165, 1.54) is 0 Å². The summed E-state index contributed by atoms with van der Waals surface area (Å²) in [5, 5.41) is 9.81. The van der Waals surface area contributed by atoms with Gasteiger partial charge in [0.25, 0.3) is 0 Å². The van der Waals surface area contributed by atoms with Crippen molar-refractivity contribution < 1.29 is 4.74 Å². The van der Waals surface area contributed by atoms with Gasteiger partial charge in [-0.25, -0.2) is 0 Å². The van der Waals surface area contributed by atoms with Crippen molar-refractivity contribution in [2.75, 3.05) is 13.7 Å².